The summed E-state index contributed by atoms with van der Waals surface area (Å²) in [5.74, 6) is 0.937. The molecule has 3 rings (SSSR count). The van der Waals surface area contributed by atoms with Gasteiger partial charge in [0.05, 0.1) is 0 Å². The highest BCUT2D eigenvalue weighted by Gasteiger charge is 2.24. The van der Waals surface area contributed by atoms with Gasteiger partial charge in [-0.05, 0) is 11.6 Å². The van der Waals surface area contributed by atoms with E-state index in [0.29, 0.717) is 5.15 Å². The van der Waals surface area contributed by atoms with E-state index in [4.69, 9.17) is 16.6 Å². The van der Waals surface area contributed by atoms with Crippen molar-refractivity contribution in [3.8, 4) is 0 Å². The minimum Gasteiger partial charge on any atom is -0.344 e. The van der Waals surface area contributed by atoms with Crippen LogP contribution in [0.5, 0.6) is 0 Å². The van der Waals surface area contributed by atoms with Gasteiger partial charge in [0.1, 0.15) is 11.0 Å². The largest absolute Gasteiger partial charge is 0.344 e. The standard InChI is InChI=1S/C16H22ClN5S/c1-16(2,3)14-19-15(23-20-14)22-8-6-21(7-9-22)11-12-4-5-13(17)18-10-12/h4-5,10H,6-9,11H2,1-3H3. The molecule has 0 amide bonds. The lowest BCUT2D eigenvalue weighted by Crippen LogP contribution is -2.46. The third kappa shape index (κ3) is 4.19. The molecule has 2 aromatic heterocycles. The average Bonchev–Trinajstić information content (AvgIpc) is 3.00. The van der Waals surface area contributed by atoms with Crippen LogP contribution < -0.4 is 4.90 Å². The van der Waals surface area contributed by atoms with Crippen LogP contribution in [0.1, 0.15) is 32.2 Å². The Morgan fingerprint density at radius 1 is 1.17 bits per heavy atom. The SMILES string of the molecule is CC(C)(C)c1nsc(N2CCN(Cc3ccc(Cl)nc3)CC2)n1. The van der Waals surface area contributed by atoms with Gasteiger partial charge in [-0.3, -0.25) is 4.90 Å². The van der Waals surface area contributed by atoms with E-state index in [1.807, 2.05) is 18.3 Å². The first-order chi connectivity index (χ1) is 10.9. The molecule has 0 spiro atoms. The van der Waals surface area contributed by atoms with Crippen molar-refractivity contribution in [1.82, 2.24) is 19.2 Å². The number of nitrogens with zero attached hydrogens (tertiary/aromatic N) is 5. The lowest BCUT2D eigenvalue weighted by molar-refractivity contribution is 0.249. The number of piperazine rings is 1. The molecule has 0 unspecified atom stereocenters. The number of rotatable bonds is 3. The average molecular weight is 352 g/mol. The van der Waals surface area contributed by atoms with Crippen LogP contribution in [-0.2, 0) is 12.0 Å². The molecule has 5 nitrogen and oxygen atoms in total. The molecule has 0 N–H and O–H groups in total. The molecule has 0 aliphatic carbocycles. The molecule has 1 aliphatic heterocycles. The lowest BCUT2D eigenvalue weighted by Gasteiger charge is -2.34. The van der Waals surface area contributed by atoms with Crippen molar-refractivity contribution in [2.45, 2.75) is 32.7 Å². The quantitative estimate of drug-likeness (QED) is 0.794. The first-order valence-electron chi connectivity index (χ1n) is 7.84. The maximum Gasteiger partial charge on any atom is 0.205 e. The first kappa shape index (κ1) is 16.6. The predicted molar refractivity (Wildman–Crippen MR) is 95.3 cm³/mol. The Labute approximate surface area is 146 Å². The normalized spacial score (nSPS) is 16.8. The van der Waals surface area contributed by atoms with E-state index >= 15 is 0 Å². The predicted octanol–water partition coefficient (Wildman–Crippen LogP) is 3.21. The number of hydrogen-bond donors (Lipinski definition) is 0. The lowest BCUT2D eigenvalue weighted by atomic mass is 9.96. The zero-order valence-corrected chi connectivity index (χ0v) is 15.4. The van der Waals surface area contributed by atoms with Crippen molar-refractivity contribution in [2.24, 2.45) is 0 Å². The summed E-state index contributed by atoms with van der Waals surface area (Å²) < 4.78 is 4.51. The minimum atomic E-state index is 0.0121. The van der Waals surface area contributed by atoms with Gasteiger partial charge in [0.2, 0.25) is 5.13 Å². The van der Waals surface area contributed by atoms with Crippen LogP contribution in [0.3, 0.4) is 0 Å². The molecule has 1 saturated heterocycles. The Morgan fingerprint density at radius 3 is 2.48 bits per heavy atom. The van der Waals surface area contributed by atoms with Crippen LogP contribution in [-0.4, -0.2) is 45.4 Å². The molecule has 124 valence electrons. The van der Waals surface area contributed by atoms with Gasteiger partial charge in [-0.2, -0.15) is 4.37 Å². The Balaban J connectivity index is 1.56. The maximum atomic E-state index is 5.83. The molecule has 0 radical (unpaired) electrons. The van der Waals surface area contributed by atoms with Crippen LogP contribution in [0.25, 0.3) is 0 Å². The first-order valence-corrected chi connectivity index (χ1v) is 8.99. The van der Waals surface area contributed by atoms with Crippen molar-refractivity contribution in [2.75, 3.05) is 31.1 Å². The molecule has 2 aromatic rings. The Morgan fingerprint density at radius 2 is 1.91 bits per heavy atom. The highest BCUT2D eigenvalue weighted by Crippen LogP contribution is 2.26. The third-order valence-corrected chi connectivity index (χ3v) is 4.92. The summed E-state index contributed by atoms with van der Waals surface area (Å²) in [6, 6.07) is 3.89. The second-order valence-corrected chi connectivity index (χ2v) is 8.02. The fourth-order valence-electron chi connectivity index (χ4n) is 2.50. The highest BCUT2D eigenvalue weighted by atomic mass is 35.5. The summed E-state index contributed by atoms with van der Waals surface area (Å²) in [7, 11) is 0. The van der Waals surface area contributed by atoms with Crippen LogP contribution >= 0.6 is 23.1 Å². The number of hydrogen-bond acceptors (Lipinski definition) is 6. The van der Waals surface area contributed by atoms with Gasteiger partial charge in [0.15, 0.2) is 0 Å². The molecule has 1 fully saturated rings. The molecule has 7 heteroatoms. The van der Waals surface area contributed by atoms with E-state index in [-0.39, 0.29) is 5.41 Å². The topological polar surface area (TPSA) is 45.2 Å². The van der Waals surface area contributed by atoms with Gasteiger partial charge in [0, 0.05) is 55.9 Å². The van der Waals surface area contributed by atoms with Gasteiger partial charge >= 0.3 is 0 Å². The fourth-order valence-corrected chi connectivity index (χ4v) is 3.52. The van der Waals surface area contributed by atoms with Crippen molar-refractivity contribution in [3.63, 3.8) is 0 Å². The van der Waals surface area contributed by atoms with Crippen LogP contribution in [0.2, 0.25) is 5.15 Å². The summed E-state index contributed by atoms with van der Waals surface area (Å²) in [6.45, 7) is 11.4. The van der Waals surface area contributed by atoms with Crippen molar-refractivity contribution in [3.05, 3.63) is 34.9 Å². The Kier molecular flexibility index (Phi) is 4.85. The highest BCUT2D eigenvalue weighted by molar-refractivity contribution is 7.09. The van der Waals surface area contributed by atoms with E-state index in [2.05, 4.69) is 39.9 Å². The van der Waals surface area contributed by atoms with Gasteiger partial charge in [-0.1, -0.05) is 38.4 Å². The van der Waals surface area contributed by atoms with E-state index in [0.717, 1.165) is 43.7 Å². The van der Waals surface area contributed by atoms with Crippen LogP contribution in [0.15, 0.2) is 18.3 Å². The second kappa shape index (κ2) is 6.71. The second-order valence-electron chi connectivity index (χ2n) is 6.90. The molecule has 0 saturated carbocycles. The molecule has 0 bridgehead atoms. The molecular formula is C16H22ClN5S. The number of pyridine rings is 1. The molecule has 0 aromatic carbocycles. The Hall–Kier alpha value is -1.24. The molecular weight excluding hydrogens is 330 g/mol. The summed E-state index contributed by atoms with van der Waals surface area (Å²) in [4.78, 5) is 13.6. The van der Waals surface area contributed by atoms with E-state index in [1.165, 1.54) is 17.1 Å². The van der Waals surface area contributed by atoms with Gasteiger partial charge in [0.25, 0.3) is 0 Å². The minimum absolute atomic E-state index is 0.0121. The van der Waals surface area contributed by atoms with Crippen molar-refractivity contribution in [1.29, 1.82) is 0 Å². The summed E-state index contributed by atoms with van der Waals surface area (Å²) in [5.41, 5.74) is 1.21. The van der Waals surface area contributed by atoms with Gasteiger partial charge < -0.3 is 4.90 Å². The summed E-state index contributed by atoms with van der Waals surface area (Å²) >= 11 is 7.34. The Bertz CT molecular complexity index is 641. The van der Waals surface area contributed by atoms with E-state index in [1.54, 1.807) is 0 Å². The molecule has 23 heavy (non-hydrogen) atoms. The summed E-state index contributed by atoms with van der Waals surface area (Å²) in [5, 5.41) is 1.59. The fraction of sp³-hybridized carbons (Fsp3) is 0.562. The number of aromatic nitrogens is 3. The maximum absolute atomic E-state index is 5.83. The zero-order valence-electron chi connectivity index (χ0n) is 13.8. The summed E-state index contributed by atoms with van der Waals surface area (Å²) in [6.07, 6.45) is 1.86. The molecule has 1 aliphatic rings. The monoisotopic (exact) mass is 351 g/mol. The number of halogens is 1. The van der Waals surface area contributed by atoms with Crippen LogP contribution in [0.4, 0.5) is 5.13 Å². The molecule has 3 heterocycles. The number of anilines is 1. The van der Waals surface area contributed by atoms with Crippen molar-refractivity contribution >= 4 is 28.3 Å². The smallest absolute Gasteiger partial charge is 0.205 e. The van der Waals surface area contributed by atoms with E-state index < -0.39 is 0 Å². The third-order valence-electron chi connectivity index (χ3n) is 3.92. The van der Waals surface area contributed by atoms with Crippen molar-refractivity contribution < 1.29 is 0 Å². The van der Waals surface area contributed by atoms with Gasteiger partial charge in [-0.15, -0.1) is 0 Å². The van der Waals surface area contributed by atoms with Crippen LogP contribution in [0, 0.1) is 0 Å². The van der Waals surface area contributed by atoms with E-state index in [9.17, 15) is 0 Å². The zero-order chi connectivity index (χ0) is 16.4. The molecule has 0 atom stereocenters. The van der Waals surface area contributed by atoms with Gasteiger partial charge in [-0.25, -0.2) is 9.97 Å².